The summed E-state index contributed by atoms with van der Waals surface area (Å²) >= 11 is 0. The smallest absolute Gasteiger partial charge is 0.164 e. The van der Waals surface area contributed by atoms with Crippen molar-refractivity contribution >= 4 is 0 Å². The van der Waals surface area contributed by atoms with Crippen LogP contribution in [-0.2, 0) is 18.9 Å². The molecule has 2 rings (SSSR count). The van der Waals surface area contributed by atoms with E-state index >= 15 is 0 Å². The monoisotopic (exact) mass is 256 g/mol. The van der Waals surface area contributed by atoms with E-state index in [0.29, 0.717) is 19.1 Å². The van der Waals surface area contributed by atoms with Crippen molar-refractivity contribution in [1.29, 1.82) is 0 Å². The Morgan fingerprint density at radius 2 is 1.67 bits per heavy atom. The Kier molecular flexibility index (Phi) is 5.63. The molecule has 0 radical (unpaired) electrons. The van der Waals surface area contributed by atoms with E-state index in [1.165, 1.54) is 0 Å². The first-order valence-corrected chi connectivity index (χ1v) is 6.92. The van der Waals surface area contributed by atoms with Crippen LogP contribution < -0.4 is 0 Å². The maximum atomic E-state index is 5.74. The molecule has 0 spiro atoms. The molecule has 0 aromatic carbocycles. The zero-order valence-corrected chi connectivity index (χ0v) is 11.3. The minimum absolute atomic E-state index is 0.0365. The minimum atomic E-state index is -0.172. The van der Waals surface area contributed by atoms with Gasteiger partial charge in [0.2, 0.25) is 0 Å². The van der Waals surface area contributed by atoms with Gasteiger partial charge in [-0.1, -0.05) is 25.5 Å². The summed E-state index contributed by atoms with van der Waals surface area (Å²) in [5.41, 5.74) is 0. The summed E-state index contributed by atoms with van der Waals surface area (Å²) in [6, 6.07) is 0. The van der Waals surface area contributed by atoms with E-state index in [-0.39, 0.29) is 18.5 Å². The SMILES string of the molecule is C/C=C/C1COC(C2COC(CCC)OC2)OC1. The number of hydrogen-bond acceptors (Lipinski definition) is 4. The fourth-order valence-corrected chi connectivity index (χ4v) is 2.31. The van der Waals surface area contributed by atoms with Gasteiger partial charge in [0.25, 0.3) is 0 Å². The van der Waals surface area contributed by atoms with Crippen molar-refractivity contribution in [2.75, 3.05) is 26.4 Å². The van der Waals surface area contributed by atoms with Gasteiger partial charge in [0.1, 0.15) is 0 Å². The first-order valence-electron chi connectivity index (χ1n) is 6.92. The lowest BCUT2D eigenvalue weighted by atomic mass is 10.1. The molecule has 18 heavy (non-hydrogen) atoms. The van der Waals surface area contributed by atoms with Gasteiger partial charge in [0.15, 0.2) is 12.6 Å². The van der Waals surface area contributed by atoms with Crippen molar-refractivity contribution < 1.29 is 18.9 Å². The molecular formula is C14H24O4. The molecule has 4 heteroatoms. The van der Waals surface area contributed by atoms with Crippen LogP contribution in [0, 0.1) is 11.8 Å². The molecule has 0 aromatic rings. The Bertz CT molecular complexity index is 251. The summed E-state index contributed by atoms with van der Waals surface area (Å²) in [5, 5.41) is 0. The van der Waals surface area contributed by atoms with Gasteiger partial charge in [-0.15, -0.1) is 0 Å². The number of ether oxygens (including phenoxy) is 4. The maximum absolute atomic E-state index is 5.74. The fourth-order valence-electron chi connectivity index (χ4n) is 2.31. The van der Waals surface area contributed by atoms with Gasteiger partial charge in [-0.2, -0.15) is 0 Å². The average Bonchev–Trinajstić information content (AvgIpc) is 2.41. The molecule has 2 aliphatic rings. The topological polar surface area (TPSA) is 36.9 Å². The summed E-state index contributed by atoms with van der Waals surface area (Å²) in [4.78, 5) is 0. The van der Waals surface area contributed by atoms with Gasteiger partial charge in [-0.3, -0.25) is 0 Å². The molecule has 0 unspecified atom stereocenters. The highest BCUT2D eigenvalue weighted by atomic mass is 16.7. The molecule has 2 aliphatic heterocycles. The molecular weight excluding hydrogens is 232 g/mol. The number of allylic oxidation sites excluding steroid dienone is 1. The van der Waals surface area contributed by atoms with Crippen LogP contribution in [0.3, 0.4) is 0 Å². The fraction of sp³-hybridized carbons (Fsp3) is 0.857. The summed E-state index contributed by atoms with van der Waals surface area (Å²) < 4.78 is 22.8. The second-order valence-corrected chi connectivity index (χ2v) is 4.97. The molecule has 0 aromatic heterocycles. The predicted octanol–water partition coefficient (Wildman–Crippen LogP) is 2.34. The normalized spacial score (nSPS) is 38.1. The second kappa shape index (κ2) is 7.24. The molecule has 4 nitrogen and oxygen atoms in total. The van der Waals surface area contributed by atoms with Crippen LogP contribution in [0.1, 0.15) is 26.7 Å². The molecule has 104 valence electrons. The van der Waals surface area contributed by atoms with Crippen LogP contribution in [-0.4, -0.2) is 39.0 Å². The van der Waals surface area contributed by atoms with E-state index in [1.54, 1.807) is 0 Å². The summed E-state index contributed by atoms with van der Waals surface area (Å²) in [5.74, 6) is 0.578. The van der Waals surface area contributed by atoms with Gasteiger partial charge in [0.05, 0.1) is 32.3 Å². The van der Waals surface area contributed by atoms with E-state index in [1.807, 2.05) is 13.0 Å². The molecule has 0 bridgehead atoms. The van der Waals surface area contributed by atoms with Gasteiger partial charge in [-0.05, 0) is 13.3 Å². The lowest BCUT2D eigenvalue weighted by Crippen LogP contribution is -2.44. The molecule has 2 fully saturated rings. The van der Waals surface area contributed by atoms with Crippen molar-refractivity contribution in [3.8, 4) is 0 Å². The third-order valence-corrected chi connectivity index (χ3v) is 3.32. The van der Waals surface area contributed by atoms with Gasteiger partial charge in [-0.25, -0.2) is 0 Å². The number of hydrogen-bond donors (Lipinski definition) is 0. The largest absolute Gasteiger partial charge is 0.352 e. The molecule has 0 atom stereocenters. The summed E-state index contributed by atoms with van der Waals surface area (Å²) in [6.07, 6.45) is 6.00. The molecule has 0 saturated carbocycles. The Morgan fingerprint density at radius 1 is 1.00 bits per heavy atom. The number of rotatable bonds is 4. The Balaban J connectivity index is 1.71. The highest BCUT2D eigenvalue weighted by Crippen LogP contribution is 2.24. The second-order valence-electron chi connectivity index (χ2n) is 4.97. The van der Waals surface area contributed by atoms with E-state index in [2.05, 4.69) is 13.0 Å². The first-order chi connectivity index (χ1) is 8.83. The van der Waals surface area contributed by atoms with Crippen LogP contribution in [0.15, 0.2) is 12.2 Å². The van der Waals surface area contributed by atoms with Gasteiger partial charge in [0, 0.05) is 5.92 Å². The van der Waals surface area contributed by atoms with Crippen LogP contribution in [0.2, 0.25) is 0 Å². The third kappa shape index (κ3) is 3.79. The first kappa shape index (κ1) is 14.0. The molecule has 2 heterocycles. The molecule has 0 aliphatic carbocycles. The van der Waals surface area contributed by atoms with Crippen LogP contribution >= 0.6 is 0 Å². The summed E-state index contributed by atoms with van der Waals surface area (Å²) in [7, 11) is 0. The average molecular weight is 256 g/mol. The lowest BCUT2D eigenvalue weighted by Gasteiger charge is -2.37. The van der Waals surface area contributed by atoms with Crippen molar-refractivity contribution in [3.05, 3.63) is 12.2 Å². The maximum Gasteiger partial charge on any atom is 0.164 e. The minimum Gasteiger partial charge on any atom is -0.352 e. The van der Waals surface area contributed by atoms with E-state index in [0.717, 1.165) is 26.1 Å². The van der Waals surface area contributed by atoms with E-state index in [4.69, 9.17) is 18.9 Å². The Morgan fingerprint density at radius 3 is 2.22 bits per heavy atom. The van der Waals surface area contributed by atoms with E-state index < -0.39 is 0 Å². The van der Waals surface area contributed by atoms with Gasteiger partial charge >= 0.3 is 0 Å². The zero-order valence-electron chi connectivity index (χ0n) is 11.3. The molecule has 0 amide bonds. The van der Waals surface area contributed by atoms with Crippen LogP contribution in [0.5, 0.6) is 0 Å². The lowest BCUT2D eigenvalue weighted by molar-refractivity contribution is -0.278. The van der Waals surface area contributed by atoms with Crippen LogP contribution in [0.4, 0.5) is 0 Å². The quantitative estimate of drug-likeness (QED) is 0.723. The third-order valence-electron chi connectivity index (χ3n) is 3.32. The standard InChI is InChI=1S/C14H24O4/c1-3-5-11-7-17-14(18-8-11)12-9-15-13(6-4-2)16-10-12/h3,5,11-14H,4,6-10H2,1-2H3/b5-3+. The van der Waals surface area contributed by atoms with Crippen molar-refractivity contribution in [2.24, 2.45) is 11.8 Å². The highest BCUT2D eigenvalue weighted by molar-refractivity contribution is 4.87. The van der Waals surface area contributed by atoms with Crippen LogP contribution in [0.25, 0.3) is 0 Å². The zero-order chi connectivity index (χ0) is 12.8. The molecule has 2 saturated heterocycles. The van der Waals surface area contributed by atoms with Crippen molar-refractivity contribution in [1.82, 2.24) is 0 Å². The van der Waals surface area contributed by atoms with Crippen molar-refractivity contribution in [3.63, 3.8) is 0 Å². The molecule has 0 N–H and O–H groups in total. The predicted molar refractivity (Wildman–Crippen MR) is 68.1 cm³/mol. The Labute approximate surface area is 109 Å². The highest BCUT2D eigenvalue weighted by Gasteiger charge is 2.32. The van der Waals surface area contributed by atoms with E-state index in [9.17, 15) is 0 Å². The summed E-state index contributed by atoms with van der Waals surface area (Å²) in [6.45, 7) is 6.94. The Hall–Kier alpha value is -0.420. The van der Waals surface area contributed by atoms with Gasteiger partial charge < -0.3 is 18.9 Å². The van der Waals surface area contributed by atoms with Crippen molar-refractivity contribution in [2.45, 2.75) is 39.3 Å².